The standard InChI is InChI=1S/C6H12O2.5C2H6.2CH4/c1-8-6(5-7)3-2-4-6;5*1-2;;/h7H,2-5H2,1H3;5*1-2H3;2*1H4. The molecule has 2 heteroatoms. The Bertz CT molecular complexity index is 66.0. The highest BCUT2D eigenvalue weighted by Gasteiger charge is 2.35. The lowest BCUT2D eigenvalue weighted by molar-refractivity contribution is -0.104. The first-order chi connectivity index (χ1) is 8.83. The van der Waals surface area contributed by atoms with Crippen molar-refractivity contribution in [3.8, 4) is 0 Å². The molecule has 1 fully saturated rings. The average molecular weight is 299 g/mol. The van der Waals surface area contributed by atoms with Crippen molar-refractivity contribution in [1.29, 1.82) is 0 Å². The molecule has 1 aliphatic rings. The molecular weight excluding hydrogens is 248 g/mol. The van der Waals surface area contributed by atoms with Crippen LogP contribution in [0.3, 0.4) is 0 Å². The number of rotatable bonds is 2. The van der Waals surface area contributed by atoms with Crippen LogP contribution in [0.4, 0.5) is 0 Å². The summed E-state index contributed by atoms with van der Waals surface area (Å²) >= 11 is 0. The Hall–Kier alpha value is -0.0800. The van der Waals surface area contributed by atoms with Crippen molar-refractivity contribution in [3.05, 3.63) is 0 Å². The normalized spacial score (nSPS) is 11.4. The van der Waals surface area contributed by atoms with Gasteiger partial charge in [-0.05, 0) is 19.3 Å². The summed E-state index contributed by atoms with van der Waals surface area (Å²) in [6, 6.07) is 0. The van der Waals surface area contributed by atoms with E-state index in [4.69, 9.17) is 9.84 Å². The van der Waals surface area contributed by atoms with Crippen LogP contribution in [0.5, 0.6) is 0 Å². The first kappa shape index (κ1) is 42.7. The Morgan fingerprint density at radius 3 is 1.00 bits per heavy atom. The molecule has 0 radical (unpaired) electrons. The Labute approximate surface area is 133 Å². The zero-order valence-electron chi connectivity index (χ0n) is 15.2. The van der Waals surface area contributed by atoms with Crippen molar-refractivity contribution in [2.75, 3.05) is 13.7 Å². The van der Waals surface area contributed by atoms with Crippen LogP contribution in [0.2, 0.25) is 0 Å². The van der Waals surface area contributed by atoms with E-state index in [1.54, 1.807) is 7.11 Å². The second-order valence-corrected chi connectivity index (χ2v) is 2.40. The molecule has 20 heavy (non-hydrogen) atoms. The molecule has 1 rings (SSSR count). The predicted octanol–water partition coefficient (Wildman–Crippen LogP) is 6.95. The molecule has 2 nitrogen and oxygen atoms in total. The van der Waals surface area contributed by atoms with Gasteiger partial charge in [-0.15, -0.1) is 0 Å². The molecule has 0 amide bonds. The highest BCUT2D eigenvalue weighted by Crippen LogP contribution is 2.33. The van der Waals surface area contributed by atoms with Crippen molar-refractivity contribution < 1.29 is 9.84 Å². The summed E-state index contributed by atoms with van der Waals surface area (Å²) in [4.78, 5) is 0. The Morgan fingerprint density at radius 2 is 1.00 bits per heavy atom. The van der Waals surface area contributed by atoms with Crippen LogP contribution in [-0.4, -0.2) is 24.4 Å². The van der Waals surface area contributed by atoms with Crippen LogP contribution in [0.1, 0.15) is 103 Å². The van der Waals surface area contributed by atoms with Crippen molar-refractivity contribution >= 4 is 0 Å². The predicted molar refractivity (Wildman–Crippen MR) is 101 cm³/mol. The zero-order valence-corrected chi connectivity index (χ0v) is 15.2. The molecule has 1 aliphatic carbocycles. The summed E-state index contributed by atoms with van der Waals surface area (Å²) in [7, 11) is 1.66. The van der Waals surface area contributed by atoms with Gasteiger partial charge in [0.1, 0.15) is 0 Å². The van der Waals surface area contributed by atoms with Gasteiger partial charge in [0.05, 0.1) is 12.2 Å². The lowest BCUT2D eigenvalue weighted by atomic mass is 9.81. The van der Waals surface area contributed by atoms with Crippen molar-refractivity contribution in [2.45, 2.75) is 109 Å². The van der Waals surface area contributed by atoms with Gasteiger partial charge in [0, 0.05) is 7.11 Å². The monoisotopic (exact) mass is 298 g/mol. The molecule has 134 valence electrons. The number of methoxy groups -OCH3 is 1. The minimum absolute atomic E-state index is 0. The van der Waals surface area contributed by atoms with Crippen LogP contribution >= 0.6 is 0 Å². The summed E-state index contributed by atoms with van der Waals surface area (Å²) in [6.45, 7) is 20.2. The van der Waals surface area contributed by atoms with E-state index in [0.717, 1.165) is 12.8 Å². The summed E-state index contributed by atoms with van der Waals surface area (Å²) in [5, 5.41) is 8.71. The van der Waals surface area contributed by atoms with Crippen LogP contribution in [0, 0.1) is 0 Å². The van der Waals surface area contributed by atoms with Gasteiger partial charge in [0.25, 0.3) is 0 Å². The lowest BCUT2D eigenvalue weighted by Gasteiger charge is -2.38. The van der Waals surface area contributed by atoms with E-state index in [0.29, 0.717) is 0 Å². The summed E-state index contributed by atoms with van der Waals surface area (Å²) in [5.74, 6) is 0. The molecule has 1 saturated carbocycles. The van der Waals surface area contributed by atoms with E-state index in [1.807, 2.05) is 69.2 Å². The lowest BCUT2D eigenvalue weighted by Crippen LogP contribution is -2.42. The third-order valence-electron chi connectivity index (χ3n) is 1.99. The molecule has 0 bridgehead atoms. The Balaban J connectivity index is -0.0000000246. The molecule has 0 unspecified atom stereocenters. The van der Waals surface area contributed by atoms with Gasteiger partial charge in [-0.1, -0.05) is 84.1 Å². The average Bonchev–Trinajstić information content (AvgIpc) is 2.50. The molecule has 0 aromatic rings. The van der Waals surface area contributed by atoms with Crippen LogP contribution in [-0.2, 0) is 4.74 Å². The van der Waals surface area contributed by atoms with Gasteiger partial charge in [-0.3, -0.25) is 0 Å². The maximum Gasteiger partial charge on any atom is 0.0908 e. The number of aliphatic hydroxyl groups excluding tert-OH is 1. The topological polar surface area (TPSA) is 29.5 Å². The minimum Gasteiger partial charge on any atom is -0.393 e. The molecule has 0 heterocycles. The minimum atomic E-state index is -0.139. The fraction of sp³-hybridized carbons (Fsp3) is 1.00. The summed E-state index contributed by atoms with van der Waals surface area (Å²) < 4.78 is 5.07. The van der Waals surface area contributed by atoms with E-state index in [2.05, 4.69) is 0 Å². The second-order valence-electron chi connectivity index (χ2n) is 2.40. The fourth-order valence-electron chi connectivity index (χ4n) is 0.998. The largest absolute Gasteiger partial charge is 0.393 e. The third kappa shape index (κ3) is 26.5. The molecule has 0 atom stereocenters. The highest BCUT2D eigenvalue weighted by atomic mass is 16.5. The highest BCUT2D eigenvalue weighted by molar-refractivity contribution is 4.88. The van der Waals surface area contributed by atoms with Crippen molar-refractivity contribution in [3.63, 3.8) is 0 Å². The molecular formula is C18H50O2. The molecule has 1 N–H and O–H groups in total. The van der Waals surface area contributed by atoms with Gasteiger partial charge in [0.15, 0.2) is 0 Å². The van der Waals surface area contributed by atoms with E-state index in [-0.39, 0.29) is 27.1 Å². The maximum absolute atomic E-state index is 8.71. The smallest absolute Gasteiger partial charge is 0.0908 e. The molecule has 0 aliphatic heterocycles. The third-order valence-corrected chi connectivity index (χ3v) is 1.99. The van der Waals surface area contributed by atoms with Gasteiger partial charge in [0.2, 0.25) is 0 Å². The molecule has 0 aromatic carbocycles. The zero-order chi connectivity index (χ0) is 16.0. The Kier molecular flexibility index (Phi) is 109. The molecule has 0 saturated heterocycles. The van der Waals surface area contributed by atoms with Gasteiger partial charge >= 0.3 is 0 Å². The first-order valence-corrected chi connectivity index (χ1v) is 7.99. The van der Waals surface area contributed by atoms with Crippen LogP contribution in [0.25, 0.3) is 0 Å². The number of aliphatic hydroxyl groups is 1. The maximum atomic E-state index is 8.71. The quantitative estimate of drug-likeness (QED) is 0.597. The first-order valence-electron chi connectivity index (χ1n) is 7.99. The van der Waals surface area contributed by atoms with E-state index in [1.165, 1.54) is 6.42 Å². The summed E-state index contributed by atoms with van der Waals surface area (Å²) in [5.41, 5.74) is -0.139. The van der Waals surface area contributed by atoms with E-state index < -0.39 is 0 Å². The van der Waals surface area contributed by atoms with Gasteiger partial charge in [-0.2, -0.15) is 0 Å². The fourth-order valence-corrected chi connectivity index (χ4v) is 0.998. The SMILES string of the molecule is C.C.CC.CC.CC.CC.CC.COC1(CO)CCC1. The molecule has 0 aromatic heterocycles. The molecule has 0 spiro atoms. The number of ether oxygens (including phenoxy) is 1. The van der Waals surface area contributed by atoms with Crippen LogP contribution in [0.15, 0.2) is 0 Å². The summed E-state index contributed by atoms with van der Waals surface area (Å²) in [6.07, 6.45) is 3.26. The number of hydrogen-bond acceptors (Lipinski definition) is 2. The van der Waals surface area contributed by atoms with Crippen molar-refractivity contribution in [1.82, 2.24) is 0 Å². The van der Waals surface area contributed by atoms with Crippen molar-refractivity contribution in [2.24, 2.45) is 0 Å². The van der Waals surface area contributed by atoms with E-state index >= 15 is 0 Å². The Morgan fingerprint density at radius 1 is 0.750 bits per heavy atom. The van der Waals surface area contributed by atoms with E-state index in [9.17, 15) is 0 Å². The van der Waals surface area contributed by atoms with Gasteiger partial charge < -0.3 is 9.84 Å². The van der Waals surface area contributed by atoms with Gasteiger partial charge in [-0.25, -0.2) is 0 Å². The van der Waals surface area contributed by atoms with Crippen LogP contribution < -0.4 is 0 Å². The number of hydrogen-bond donors (Lipinski definition) is 1. The second kappa shape index (κ2) is 51.0.